The molecule has 168 valence electrons. The molecule has 33 heavy (non-hydrogen) atoms. The van der Waals surface area contributed by atoms with Crippen LogP contribution in [0.5, 0.6) is 5.75 Å². The predicted molar refractivity (Wildman–Crippen MR) is 121 cm³/mol. The Labute approximate surface area is 192 Å². The van der Waals surface area contributed by atoms with Gasteiger partial charge in [0.2, 0.25) is 10.0 Å². The number of anilines is 2. The number of nitrogens with zero attached hydrogens (tertiary/aromatic N) is 2. The lowest BCUT2D eigenvalue weighted by atomic mass is 10.1. The number of ether oxygens (including phenoxy) is 1. The van der Waals surface area contributed by atoms with Crippen molar-refractivity contribution in [2.45, 2.75) is 0 Å². The molecule has 2 N–H and O–H groups in total. The first kappa shape index (κ1) is 21.1. The van der Waals surface area contributed by atoms with E-state index in [0.29, 0.717) is 22.7 Å². The van der Waals surface area contributed by atoms with Crippen LogP contribution in [0.2, 0.25) is 0 Å². The van der Waals surface area contributed by atoms with Crippen LogP contribution in [0, 0.1) is 0 Å². The highest BCUT2D eigenvalue weighted by Crippen LogP contribution is 2.34. The molecule has 2 aliphatic heterocycles. The van der Waals surface area contributed by atoms with Gasteiger partial charge in [-0.1, -0.05) is 12.1 Å². The average Bonchev–Trinajstić information content (AvgIpc) is 3.34. The van der Waals surface area contributed by atoms with Gasteiger partial charge in [0.15, 0.2) is 11.7 Å². The molecule has 3 amide bonds. The number of benzene rings is 2. The maximum Gasteiger partial charge on any atom is 0.262 e. The van der Waals surface area contributed by atoms with Crippen LogP contribution in [-0.4, -0.2) is 54.9 Å². The molecule has 0 saturated carbocycles. The molecule has 0 aliphatic carbocycles. The van der Waals surface area contributed by atoms with Crippen molar-refractivity contribution in [2.24, 2.45) is 0 Å². The number of nitrogens with one attached hydrogen (secondary N) is 2. The minimum absolute atomic E-state index is 0.0459. The highest BCUT2D eigenvalue weighted by molar-refractivity contribution is 7.92. The van der Waals surface area contributed by atoms with Crippen LogP contribution in [0.3, 0.4) is 0 Å². The van der Waals surface area contributed by atoms with E-state index in [4.69, 9.17) is 4.74 Å². The number of rotatable bonds is 6. The minimum atomic E-state index is -3.87. The number of hydrogen-bond donors (Lipinski definition) is 2. The lowest BCUT2D eigenvalue weighted by Crippen LogP contribution is -2.35. The first-order valence-electron chi connectivity index (χ1n) is 9.79. The number of carbonyl (C=O) groups is 3. The lowest BCUT2D eigenvalue weighted by Gasteiger charge is -2.18. The van der Waals surface area contributed by atoms with Gasteiger partial charge in [-0.3, -0.25) is 24.0 Å². The Hall–Kier alpha value is -3.77. The first-order valence-corrected chi connectivity index (χ1v) is 12.3. The van der Waals surface area contributed by atoms with E-state index in [1.165, 1.54) is 12.1 Å². The van der Waals surface area contributed by atoms with Crippen molar-refractivity contribution in [3.63, 3.8) is 0 Å². The summed E-state index contributed by atoms with van der Waals surface area (Å²) in [5, 5.41) is 4.53. The van der Waals surface area contributed by atoms with Gasteiger partial charge in [-0.15, -0.1) is 11.3 Å². The van der Waals surface area contributed by atoms with Crippen molar-refractivity contribution in [1.82, 2.24) is 9.88 Å². The Kier molecular flexibility index (Phi) is 5.10. The van der Waals surface area contributed by atoms with E-state index in [1.54, 1.807) is 35.7 Å². The van der Waals surface area contributed by atoms with Gasteiger partial charge >= 0.3 is 0 Å². The van der Waals surface area contributed by atoms with E-state index < -0.39 is 27.6 Å². The highest BCUT2D eigenvalue weighted by atomic mass is 32.2. The van der Waals surface area contributed by atoms with E-state index in [-0.39, 0.29) is 35.3 Å². The zero-order valence-corrected chi connectivity index (χ0v) is 18.5. The van der Waals surface area contributed by atoms with E-state index in [2.05, 4.69) is 15.0 Å². The van der Waals surface area contributed by atoms with Crippen molar-refractivity contribution >= 4 is 49.9 Å². The second-order valence-electron chi connectivity index (χ2n) is 7.31. The average molecular weight is 485 g/mol. The number of amides is 3. The first-order chi connectivity index (χ1) is 15.8. The van der Waals surface area contributed by atoms with Gasteiger partial charge in [0.25, 0.3) is 17.7 Å². The Morgan fingerprint density at radius 3 is 2.55 bits per heavy atom. The summed E-state index contributed by atoms with van der Waals surface area (Å²) in [4.78, 5) is 41.6. The summed E-state index contributed by atoms with van der Waals surface area (Å²) in [6.07, 6.45) is 0. The largest absolute Gasteiger partial charge is 0.482 e. The normalized spacial score (nSPS) is 15.0. The minimum Gasteiger partial charge on any atom is -0.482 e. The number of hydrogen-bond acceptors (Lipinski definition) is 8. The zero-order valence-electron chi connectivity index (χ0n) is 16.9. The molecule has 0 spiro atoms. The number of imide groups is 1. The molecule has 0 atom stereocenters. The molecule has 10 nitrogen and oxygen atoms in total. The van der Waals surface area contributed by atoms with E-state index in [9.17, 15) is 22.8 Å². The van der Waals surface area contributed by atoms with Crippen LogP contribution >= 0.6 is 11.3 Å². The van der Waals surface area contributed by atoms with Gasteiger partial charge in [0.05, 0.1) is 28.3 Å². The van der Waals surface area contributed by atoms with Crippen LogP contribution in [0.4, 0.5) is 10.8 Å². The molecule has 0 fully saturated rings. The monoisotopic (exact) mass is 484 g/mol. The summed E-state index contributed by atoms with van der Waals surface area (Å²) < 4.78 is 32.8. The van der Waals surface area contributed by atoms with E-state index in [0.717, 1.165) is 16.2 Å². The predicted octanol–water partition coefficient (Wildman–Crippen LogP) is 2.18. The second kappa shape index (κ2) is 7.98. The number of fused-ring (bicyclic) bond motifs is 2. The molecule has 1 aromatic heterocycles. The van der Waals surface area contributed by atoms with Crippen LogP contribution < -0.4 is 14.8 Å². The van der Waals surface area contributed by atoms with Crippen molar-refractivity contribution in [1.29, 1.82) is 0 Å². The fraction of sp³-hybridized carbons (Fsp3) is 0.143. The molecule has 2 aromatic carbocycles. The molecule has 3 aromatic rings. The summed E-state index contributed by atoms with van der Waals surface area (Å²) in [5.74, 6) is -1.20. The number of thiazole rings is 1. The number of sulfonamides is 1. The Bertz CT molecular complexity index is 1380. The Balaban J connectivity index is 1.26. The van der Waals surface area contributed by atoms with Gasteiger partial charge in [0.1, 0.15) is 5.75 Å². The van der Waals surface area contributed by atoms with Gasteiger partial charge in [-0.05, 0) is 30.3 Å². The molecule has 0 saturated heterocycles. The fourth-order valence-electron chi connectivity index (χ4n) is 3.53. The van der Waals surface area contributed by atoms with Crippen molar-refractivity contribution in [3.05, 3.63) is 59.0 Å². The molecule has 2 aliphatic rings. The third-order valence-electron chi connectivity index (χ3n) is 5.12. The molecule has 0 unspecified atom stereocenters. The van der Waals surface area contributed by atoms with Crippen LogP contribution in [0.1, 0.15) is 20.7 Å². The smallest absolute Gasteiger partial charge is 0.262 e. The number of aromatic nitrogens is 1. The van der Waals surface area contributed by atoms with Gasteiger partial charge in [-0.2, -0.15) is 0 Å². The summed E-state index contributed by atoms with van der Waals surface area (Å²) in [6.45, 7) is -0.319. The zero-order chi connectivity index (χ0) is 23.2. The molecular formula is C21H16N4O6S2. The quantitative estimate of drug-likeness (QED) is 0.512. The molecule has 3 heterocycles. The third kappa shape index (κ3) is 4.05. The summed E-state index contributed by atoms with van der Waals surface area (Å²) in [7, 11) is -3.87. The number of carbonyl (C=O) groups excluding carboxylic acids is 3. The molecule has 12 heteroatoms. The Morgan fingerprint density at radius 1 is 1.09 bits per heavy atom. The summed E-state index contributed by atoms with van der Waals surface area (Å²) in [6, 6.07) is 11.5. The lowest BCUT2D eigenvalue weighted by molar-refractivity contribution is -0.118. The van der Waals surface area contributed by atoms with Crippen molar-refractivity contribution < 1.29 is 27.5 Å². The van der Waals surface area contributed by atoms with E-state index in [1.807, 2.05) is 0 Å². The molecule has 5 rings (SSSR count). The summed E-state index contributed by atoms with van der Waals surface area (Å²) >= 11 is 1.09. The highest BCUT2D eigenvalue weighted by Gasteiger charge is 2.35. The standard InChI is InChI=1S/C21H16N4O6S2/c26-18-10-31-17-6-5-12(9-15(17)22-18)16-11-32-21(23-16)24-33(29,30)8-7-25-19(27)13-3-1-2-4-14(13)20(25)28/h1-6,9,11H,7-8,10H2,(H,22,26)(H,23,24). The molecule has 0 bridgehead atoms. The van der Waals surface area contributed by atoms with Gasteiger partial charge in [0, 0.05) is 17.5 Å². The Morgan fingerprint density at radius 2 is 1.82 bits per heavy atom. The second-order valence-corrected chi connectivity index (χ2v) is 10.0. The van der Waals surface area contributed by atoms with Crippen molar-refractivity contribution in [3.8, 4) is 17.0 Å². The maximum atomic E-state index is 12.6. The third-order valence-corrected chi connectivity index (χ3v) is 7.23. The van der Waals surface area contributed by atoms with Crippen LogP contribution in [-0.2, 0) is 14.8 Å². The fourth-order valence-corrected chi connectivity index (χ4v) is 5.51. The van der Waals surface area contributed by atoms with Crippen LogP contribution in [0.25, 0.3) is 11.3 Å². The maximum absolute atomic E-state index is 12.6. The SMILES string of the molecule is O=C1COc2ccc(-c3csc(NS(=O)(=O)CCN4C(=O)c5ccccc5C4=O)n3)cc2N1. The van der Waals surface area contributed by atoms with E-state index >= 15 is 0 Å². The summed E-state index contributed by atoms with van der Waals surface area (Å²) in [5.41, 5.74) is 2.24. The van der Waals surface area contributed by atoms with Gasteiger partial charge < -0.3 is 10.1 Å². The molecule has 0 radical (unpaired) electrons. The molecular weight excluding hydrogens is 468 g/mol. The topological polar surface area (TPSA) is 135 Å². The van der Waals surface area contributed by atoms with Crippen LogP contribution in [0.15, 0.2) is 47.8 Å². The van der Waals surface area contributed by atoms with Gasteiger partial charge in [-0.25, -0.2) is 13.4 Å². The van der Waals surface area contributed by atoms with Crippen molar-refractivity contribution in [2.75, 3.05) is 28.9 Å².